The SMILES string of the molecule is Cc1c(-c2nc3sc(=Cc4ccc(I)cc4)c(=O)n3n2)oc2ccccc12. The molecule has 5 aromatic rings. The van der Waals surface area contributed by atoms with Crippen LogP contribution in [0, 0.1) is 10.5 Å². The van der Waals surface area contributed by atoms with Gasteiger partial charge in [0, 0.05) is 14.5 Å². The molecule has 0 bridgehead atoms. The minimum absolute atomic E-state index is 0.166. The summed E-state index contributed by atoms with van der Waals surface area (Å²) in [4.78, 5) is 17.8. The van der Waals surface area contributed by atoms with Crippen LogP contribution in [0.5, 0.6) is 0 Å². The number of nitrogens with zero attached hydrogens (tertiary/aromatic N) is 3. The molecule has 0 radical (unpaired) electrons. The predicted octanol–water partition coefficient (Wildman–Crippen LogP) is 4.02. The molecule has 0 saturated heterocycles. The monoisotopic (exact) mass is 485 g/mol. The van der Waals surface area contributed by atoms with Crippen LogP contribution in [0.4, 0.5) is 0 Å². The summed E-state index contributed by atoms with van der Waals surface area (Å²) in [5.74, 6) is 1.04. The minimum Gasteiger partial charge on any atom is -0.452 e. The van der Waals surface area contributed by atoms with Crippen molar-refractivity contribution < 1.29 is 4.42 Å². The second-order valence-corrected chi connectivity index (χ2v) is 8.40. The van der Waals surface area contributed by atoms with E-state index in [1.165, 1.54) is 15.9 Å². The third-order valence-corrected chi connectivity index (χ3v) is 6.07. The van der Waals surface area contributed by atoms with Crippen LogP contribution in [-0.2, 0) is 0 Å². The molecule has 3 aromatic heterocycles. The van der Waals surface area contributed by atoms with E-state index in [9.17, 15) is 4.79 Å². The van der Waals surface area contributed by atoms with E-state index in [-0.39, 0.29) is 5.56 Å². The quantitative estimate of drug-likeness (QED) is 0.355. The van der Waals surface area contributed by atoms with E-state index in [1.54, 1.807) is 0 Å². The maximum atomic E-state index is 12.7. The first-order valence-corrected chi connectivity index (χ1v) is 10.1. The van der Waals surface area contributed by atoms with Gasteiger partial charge in [-0.25, -0.2) is 0 Å². The number of hydrogen-bond donors (Lipinski definition) is 0. The van der Waals surface area contributed by atoms with Crippen LogP contribution in [0.2, 0.25) is 0 Å². The van der Waals surface area contributed by atoms with Crippen molar-refractivity contribution in [3.05, 3.63) is 78.1 Å². The molecule has 0 saturated carbocycles. The first kappa shape index (κ1) is 16.6. The molecule has 0 N–H and O–H groups in total. The molecule has 0 spiro atoms. The van der Waals surface area contributed by atoms with E-state index in [0.717, 1.165) is 25.7 Å². The molecular weight excluding hydrogens is 473 g/mol. The molecule has 0 atom stereocenters. The number of thiazole rings is 1. The Bertz CT molecular complexity index is 1410. The highest BCUT2D eigenvalue weighted by atomic mass is 127. The maximum Gasteiger partial charge on any atom is 0.291 e. The van der Waals surface area contributed by atoms with Crippen molar-refractivity contribution in [3.63, 3.8) is 0 Å². The zero-order chi connectivity index (χ0) is 18.5. The summed E-state index contributed by atoms with van der Waals surface area (Å²) in [6, 6.07) is 15.8. The van der Waals surface area contributed by atoms with Crippen molar-refractivity contribution in [2.75, 3.05) is 0 Å². The van der Waals surface area contributed by atoms with Gasteiger partial charge in [-0.1, -0.05) is 41.7 Å². The van der Waals surface area contributed by atoms with Gasteiger partial charge in [0.05, 0.1) is 4.53 Å². The summed E-state index contributed by atoms with van der Waals surface area (Å²) in [6.45, 7) is 1.98. The Kier molecular flexibility index (Phi) is 3.87. The lowest BCUT2D eigenvalue weighted by Gasteiger charge is -1.91. The number of fused-ring (bicyclic) bond motifs is 2. The average molecular weight is 485 g/mol. The summed E-state index contributed by atoms with van der Waals surface area (Å²) in [7, 11) is 0. The van der Waals surface area contributed by atoms with E-state index in [4.69, 9.17) is 4.42 Å². The van der Waals surface area contributed by atoms with Gasteiger partial charge in [0.15, 0.2) is 5.76 Å². The van der Waals surface area contributed by atoms with Crippen LogP contribution < -0.4 is 10.1 Å². The highest BCUT2D eigenvalue weighted by molar-refractivity contribution is 14.1. The van der Waals surface area contributed by atoms with Crippen LogP contribution in [0.1, 0.15) is 11.1 Å². The topological polar surface area (TPSA) is 60.4 Å². The van der Waals surface area contributed by atoms with E-state index in [1.807, 2.05) is 61.5 Å². The summed E-state index contributed by atoms with van der Waals surface area (Å²) in [5, 5.41) is 5.43. The van der Waals surface area contributed by atoms with Gasteiger partial charge in [-0.3, -0.25) is 4.79 Å². The highest BCUT2D eigenvalue weighted by Gasteiger charge is 2.18. The lowest BCUT2D eigenvalue weighted by Crippen LogP contribution is -2.23. The molecule has 2 aromatic carbocycles. The van der Waals surface area contributed by atoms with Crippen LogP contribution in [0.3, 0.4) is 0 Å². The Morgan fingerprint density at radius 3 is 2.67 bits per heavy atom. The first-order chi connectivity index (χ1) is 13.1. The average Bonchev–Trinajstić information content (AvgIpc) is 3.31. The number of rotatable bonds is 2. The predicted molar refractivity (Wildman–Crippen MR) is 115 cm³/mol. The Balaban J connectivity index is 1.64. The van der Waals surface area contributed by atoms with Crippen LogP contribution in [-0.4, -0.2) is 14.6 Å². The standard InChI is InChI=1S/C20H12IN3O2S/c1-11-14-4-2-3-5-15(14)26-17(11)18-22-20-24(23-18)19(25)16(27-20)10-12-6-8-13(21)9-7-12/h2-10H,1H3. The van der Waals surface area contributed by atoms with Gasteiger partial charge in [-0.05, 0) is 59.4 Å². The van der Waals surface area contributed by atoms with E-state index < -0.39 is 0 Å². The fraction of sp³-hybridized carbons (Fsp3) is 0.0500. The lowest BCUT2D eigenvalue weighted by atomic mass is 10.1. The van der Waals surface area contributed by atoms with Crippen molar-refractivity contribution in [2.24, 2.45) is 0 Å². The van der Waals surface area contributed by atoms with E-state index in [2.05, 4.69) is 32.7 Å². The molecule has 3 heterocycles. The number of para-hydroxylation sites is 1. The summed E-state index contributed by atoms with van der Waals surface area (Å²) >= 11 is 3.58. The molecule has 0 aliphatic rings. The van der Waals surface area contributed by atoms with Gasteiger partial charge in [0.2, 0.25) is 10.8 Å². The van der Waals surface area contributed by atoms with Gasteiger partial charge >= 0.3 is 0 Å². The van der Waals surface area contributed by atoms with Gasteiger partial charge in [-0.15, -0.1) is 5.10 Å². The third-order valence-electron chi connectivity index (χ3n) is 4.40. The number of aromatic nitrogens is 3. The molecule has 0 amide bonds. The molecule has 0 fully saturated rings. The summed E-state index contributed by atoms with van der Waals surface area (Å²) in [5.41, 5.74) is 2.58. The molecule has 7 heteroatoms. The van der Waals surface area contributed by atoms with Crippen molar-refractivity contribution in [1.29, 1.82) is 0 Å². The van der Waals surface area contributed by atoms with Crippen LogP contribution in [0.25, 0.3) is 33.6 Å². The molecule has 27 heavy (non-hydrogen) atoms. The fourth-order valence-electron chi connectivity index (χ4n) is 3.03. The zero-order valence-corrected chi connectivity index (χ0v) is 17.1. The summed E-state index contributed by atoms with van der Waals surface area (Å²) in [6.07, 6.45) is 1.87. The molecule has 0 aliphatic carbocycles. The number of aryl methyl sites for hydroxylation is 1. The van der Waals surface area contributed by atoms with Gasteiger partial charge < -0.3 is 4.42 Å². The maximum absolute atomic E-state index is 12.7. The van der Waals surface area contributed by atoms with Crippen molar-refractivity contribution in [3.8, 4) is 11.6 Å². The Morgan fingerprint density at radius 1 is 1.15 bits per heavy atom. The lowest BCUT2D eigenvalue weighted by molar-refractivity contribution is 0.622. The molecule has 5 nitrogen and oxygen atoms in total. The van der Waals surface area contributed by atoms with Crippen LogP contribution in [0.15, 0.2) is 57.7 Å². The van der Waals surface area contributed by atoms with E-state index in [0.29, 0.717) is 21.1 Å². The zero-order valence-electron chi connectivity index (χ0n) is 14.1. The van der Waals surface area contributed by atoms with Gasteiger partial charge in [0.1, 0.15) is 5.58 Å². The smallest absolute Gasteiger partial charge is 0.291 e. The number of hydrogen-bond acceptors (Lipinski definition) is 5. The van der Waals surface area contributed by atoms with Crippen molar-refractivity contribution >= 4 is 55.9 Å². The minimum atomic E-state index is -0.166. The number of furan rings is 1. The van der Waals surface area contributed by atoms with E-state index >= 15 is 0 Å². The van der Waals surface area contributed by atoms with Gasteiger partial charge in [-0.2, -0.15) is 9.50 Å². The molecule has 0 unspecified atom stereocenters. The summed E-state index contributed by atoms with van der Waals surface area (Å²) < 4.78 is 9.03. The fourth-order valence-corrected chi connectivity index (χ4v) is 4.30. The first-order valence-electron chi connectivity index (χ1n) is 8.25. The Morgan fingerprint density at radius 2 is 1.93 bits per heavy atom. The normalized spacial score (nSPS) is 12.4. The number of benzene rings is 2. The highest BCUT2D eigenvalue weighted by Crippen LogP contribution is 2.31. The second-order valence-electron chi connectivity index (χ2n) is 6.15. The van der Waals surface area contributed by atoms with Crippen LogP contribution >= 0.6 is 33.9 Å². The third kappa shape index (κ3) is 2.78. The Hall–Kier alpha value is -2.52. The van der Waals surface area contributed by atoms with Crippen molar-refractivity contribution in [1.82, 2.24) is 14.6 Å². The molecule has 0 aliphatic heterocycles. The molecular formula is C20H12IN3O2S. The second kappa shape index (κ2) is 6.28. The van der Waals surface area contributed by atoms with Gasteiger partial charge in [0.25, 0.3) is 5.56 Å². The Labute approximate surface area is 171 Å². The number of halogens is 1. The molecule has 5 rings (SSSR count). The molecule has 132 valence electrons. The van der Waals surface area contributed by atoms with Crippen molar-refractivity contribution in [2.45, 2.75) is 6.92 Å². The largest absolute Gasteiger partial charge is 0.452 e.